The number of hydrogen-bond acceptors (Lipinski definition) is 3. The van der Waals surface area contributed by atoms with Crippen molar-refractivity contribution in [3.05, 3.63) is 65.9 Å². The predicted molar refractivity (Wildman–Crippen MR) is 80.0 cm³/mol. The van der Waals surface area contributed by atoms with Crippen LogP contribution in [0.25, 0.3) is 22.7 Å². The van der Waals surface area contributed by atoms with Crippen LogP contribution in [0.5, 0.6) is 0 Å². The molecule has 3 heteroatoms. The fourth-order valence-electron chi connectivity index (χ4n) is 2.21. The van der Waals surface area contributed by atoms with E-state index in [2.05, 4.69) is 11.1 Å². The Morgan fingerprint density at radius 1 is 1.00 bits per heavy atom. The summed E-state index contributed by atoms with van der Waals surface area (Å²) in [6.07, 6.45) is 0. The van der Waals surface area contributed by atoms with E-state index in [4.69, 9.17) is 10.2 Å². The Hall–Kier alpha value is -2.39. The topological polar surface area (TPSA) is 52.0 Å². The number of oxazole rings is 1. The smallest absolute Gasteiger partial charge is 0.226 e. The van der Waals surface area contributed by atoms with Crippen molar-refractivity contribution >= 4 is 0 Å². The molecule has 3 nitrogen and oxygen atoms in total. The molecule has 0 unspecified atom stereocenters. The molecule has 1 heterocycles. The third-order valence-corrected chi connectivity index (χ3v) is 3.25. The second kappa shape index (κ2) is 5.31. The van der Waals surface area contributed by atoms with Crippen LogP contribution in [-0.4, -0.2) is 4.98 Å². The molecule has 0 radical (unpaired) electrons. The van der Waals surface area contributed by atoms with Crippen LogP contribution in [0, 0.1) is 6.92 Å². The molecular weight excluding hydrogens is 248 g/mol. The molecule has 0 saturated heterocycles. The molecule has 1 aromatic heterocycles. The molecular formula is C17H16N2O. The summed E-state index contributed by atoms with van der Waals surface area (Å²) < 4.78 is 5.79. The first-order valence-electron chi connectivity index (χ1n) is 6.60. The molecule has 0 saturated carbocycles. The van der Waals surface area contributed by atoms with E-state index in [0.29, 0.717) is 12.4 Å². The van der Waals surface area contributed by atoms with Crippen molar-refractivity contribution in [2.24, 2.45) is 5.73 Å². The highest BCUT2D eigenvalue weighted by Crippen LogP contribution is 2.28. The first kappa shape index (κ1) is 12.6. The van der Waals surface area contributed by atoms with Gasteiger partial charge in [0.1, 0.15) is 11.5 Å². The number of nitrogens with zero attached hydrogens (tertiary/aromatic N) is 1. The van der Waals surface area contributed by atoms with Gasteiger partial charge in [-0.3, -0.25) is 0 Å². The minimum atomic E-state index is 0.524. The Kier molecular flexibility index (Phi) is 3.35. The monoisotopic (exact) mass is 264 g/mol. The van der Waals surface area contributed by atoms with Crippen molar-refractivity contribution in [2.75, 3.05) is 0 Å². The molecule has 2 N–H and O–H groups in total. The van der Waals surface area contributed by atoms with Gasteiger partial charge in [-0.1, -0.05) is 36.4 Å². The largest absolute Gasteiger partial charge is 0.441 e. The lowest BCUT2D eigenvalue weighted by molar-refractivity contribution is 0.543. The highest BCUT2D eigenvalue weighted by Gasteiger charge is 2.13. The Morgan fingerprint density at radius 2 is 1.75 bits per heavy atom. The number of aromatic nitrogens is 1. The van der Waals surface area contributed by atoms with Gasteiger partial charge in [0.15, 0.2) is 0 Å². The minimum Gasteiger partial charge on any atom is -0.441 e. The summed E-state index contributed by atoms with van der Waals surface area (Å²) in [5, 5.41) is 0. The minimum absolute atomic E-state index is 0.524. The van der Waals surface area contributed by atoms with Gasteiger partial charge in [-0.15, -0.1) is 0 Å². The van der Waals surface area contributed by atoms with Crippen LogP contribution >= 0.6 is 0 Å². The van der Waals surface area contributed by atoms with Crippen LogP contribution in [-0.2, 0) is 6.54 Å². The normalized spacial score (nSPS) is 10.7. The average molecular weight is 264 g/mol. The lowest BCUT2D eigenvalue weighted by atomic mass is 10.1. The molecule has 3 rings (SSSR count). The fourth-order valence-corrected chi connectivity index (χ4v) is 2.21. The van der Waals surface area contributed by atoms with Crippen molar-refractivity contribution < 1.29 is 4.42 Å². The van der Waals surface area contributed by atoms with Gasteiger partial charge >= 0.3 is 0 Å². The third kappa shape index (κ3) is 2.36. The summed E-state index contributed by atoms with van der Waals surface area (Å²) in [5.74, 6) is 1.47. The van der Waals surface area contributed by atoms with Crippen LogP contribution in [0.15, 0.2) is 59.0 Å². The molecule has 3 aromatic rings. The van der Waals surface area contributed by atoms with E-state index < -0.39 is 0 Å². The summed E-state index contributed by atoms with van der Waals surface area (Å²) in [6, 6.07) is 18.0. The molecule has 0 bridgehead atoms. The van der Waals surface area contributed by atoms with Crippen LogP contribution in [0.2, 0.25) is 0 Å². The lowest BCUT2D eigenvalue weighted by Gasteiger charge is -2.00. The number of aryl methyl sites for hydroxylation is 1. The fraction of sp³-hybridized carbons (Fsp3) is 0.118. The molecule has 100 valence electrons. The molecule has 0 aliphatic heterocycles. The van der Waals surface area contributed by atoms with E-state index in [1.54, 1.807) is 0 Å². The van der Waals surface area contributed by atoms with Crippen molar-refractivity contribution in [1.29, 1.82) is 0 Å². The maximum absolute atomic E-state index is 5.79. The Labute approximate surface area is 118 Å². The highest BCUT2D eigenvalue weighted by molar-refractivity contribution is 5.66. The molecule has 0 spiro atoms. The maximum atomic E-state index is 5.79. The number of rotatable bonds is 3. The lowest BCUT2D eigenvalue weighted by Crippen LogP contribution is -1.96. The molecule has 0 atom stereocenters. The summed E-state index contributed by atoms with van der Waals surface area (Å²) in [7, 11) is 0. The van der Waals surface area contributed by atoms with Gasteiger partial charge in [0, 0.05) is 17.7 Å². The van der Waals surface area contributed by atoms with Crippen LogP contribution in [0.1, 0.15) is 11.3 Å². The number of hydrogen-bond donors (Lipinski definition) is 1. The van der Waals surface area contributed by atoms with E-state index in [0.717, 1.165) is 28.1 Å². The van der Waals surface area contributed by atoms with E-state index >= 15 is 0 Å². The van der Waals surface area contributed by atoms with Crippen molar-refractivity contribution in [3.8, 4) is 22.7 Å². The van der Waals surface area contributed by atoms with Gasteiger partial charge in [0.25, 0.3) is 0 Å². The second-order valence-corrected chi connectivity index (χ2v) is 4.69. The van der Waals surface area contributed by atoms with Crippen LogP contribution in [0.3, 0.4) is 0 Å². The molecule has 2 aromatic carbocycles. The summed E-state index contributed by atoms with van der Waals surface area (Å²) in [5.41, 5.74) is 9.67. The number of nitrogens with two attached hydrogens (primary N) is 1. The molecule has 20 heavy (non-hydrogen) atoms. The number of benzene rings is 2. The Bertz CT molecular complexity index is 717. The van der Waals surface area contributed by atoms with Crippen molar-refractivity contribution in [1.82, 2.24) is 4.98 Å². The third-order valence-electron chi connectivity index (χ3n) is 3.25. The summed E-state index contributed by atoms with van der Waals surface area (Å²) in [6.45, 7) is 2.46. The molecule has 0 amide bonds. The van der Waals surface area contributed by atoms with E-state index in [9.17, 15) is 0 Å². The zero-order chi connectivity index (χ0) is 13.9. The quantitative estimate of drug-likeness (QED) is 0.783. The zero-order valence-electron chi connectivity index (χ0n) is 11.3. The van der Waals surface area contributed by atoms with Gasteiger partial charge in [-0.05, 0) is 30.7 Å². The van der Waals surface area contributed by atoms with Crippen LogP contribution in [0.4, 0.5) is 0 Å². The SMILES string of the molecule is Cc1oc(-c2ccccc2)nc1-c1cccc(CN)c1. The average Bonchev–Trinajstić information content (AvgIpc) is 2.90. The second-order valence-electron chi connectivity index (χ2n) is 4.69. The van der Waals surface area contributed by atoms with E-state index in [1.165, 1.54) is 0 Å². The molecule has 0 aliphatic carbocycles. The standard InChI is InChI=1S/C17H16N2O/c1-12-16(15-9-5-6-13(10-15)11-18)19-17(20-12)14-7-3-2-4-8-14/h2-10H,11,18H2,1H3. The van der Waals surface area contributed by atoms with Crippen molar-refractivity contribution in [3.63, 3.8) is 0 Å². The van der Waals surface area contributed by atoms with Crippen molar-refractivity contribution in [2.45, 2.75) is 13.5 Å². The Balaban J connectivity index is 2.05. The molecule has 0 fully saturated rings. The van der Waals surface area contributed by atoms with Gasteiger partial charge in [0.2, 0.25) is 5.89 Å². The van der Waals surface area contributed by atoms with E-state index in [-0.39, 0.29) is 0 Å². The molecule has 0 aliphatic rings. The first-order chi connectivity index (χ1) is 9.78. The maximum Gasteiger partial charge on any atom is 0.226 e. The highest BCUT2D eigenvalue weighted by atomic mass is 16.4. The summed E-state index contributed by atoms with van der Waals surface area (Å²) in [4.78, 5) is 4.62. The first-order valence-corrected chi connectivity index (χ1v) is 6.60. The van der Waals surface area contributed by atoms with Gasteiger partial charge in [-0.25, -0.2) is 4.98 Å². The Morgan fingerprint density at radius 3 is 2.50 bits per heavy atom. The van der Waals surface area contributed by atoms with E-state index in [1.807, 2.05) is 55.5 Å². The van der Waals surface area contributed by atoms with Gasteiger partial charge in [-0.2, -0.15) is 0 Å². The van der Waals surface area contributed by atoms with Gasteiger partial charge in [0.05, 0.1) is 0 Å². The van der Waals surface area contributed by atoms with Gasteiger partial charge < -0.3 is 10.2 Å². The predicted octanol–water partition coefficient (Wildman–Crippen LogP) is 3.78. The summed E-state index contributed by atoms with van der Waals surface area (Å²) >= 11 is 0. The zero-order valence-corrected chi connectivity index (χ0v) is 11.3. The van der Waals surface area contributed by atoms with Crippen LogP contribution < -0.4 is 5.73 Å².